The summed E-state index contributed by atoms with van der Waals surface area (Å²) in [5.41, 5.74) is 6.30. The maximum Gasteiger partial charge on any atom is 0.293 e. The molecule has 10 heteroatoms. The van der Waals surface area contributed by atoms with Crippen LogP contribution >= 0.6 is 12.4 Å². The fourth-order valence-electron chi connectivity index (χ4n) is 3.39. The second-order valence-electron chi connectivity index (χ2n) is 7.49. The number of nitrogens with zero attached hydrogens (tertiary/aromatic N) is 3. The van der Waals surface area contributed by atoms with Gasteiger partial charge in [-0.15, -0.1) is 12.4 Å². The average Bonchev–Trinajstić information content (AvgIpc) is 2.66. The number of piperazine rings is 1. The Labute approximate surface area is 177 Å². The van der Waals surface area contributed by atoms with Crippen LogP contribution in [-0.2, 0) is 4.79 Å². The number of carbonyl (C=O) groups excluding carboxylic acids is 2. The molecule has 2 amide bonds. The van der Waals surface area contributed by atoms with Crippen molar-refractivity contribution in [3.8, 4) is 0 Å². The van der Waals surface area contributed by atoms with E-state index < -0.39 is 4.92 Å². The quantitative estimate of drug-likeness (QED) is 0.505. The zero-order valence-corrected chi connectivity index (χ0v) is 17.9. The van der Waals surface area contributed by atoms with Crippen molar-refractivity contribution in [3.63, 3.8) is 0 Å². The molecule has 0 aromatic heterocycles. The lowest BCUT2D eigenvalue weighted by Gasteiger charge is -2.35. The van der Waals surface area contributed by atoms with Gasteiger partial charge in [-0.1, -0.05) is 13.8 Å². The van der Waals surface area contributed by atoms with E-state index in [0.717, 1.165) is 6.42 Å². The number of carbonyl (C=O) groups is 2. The fourth-order valence-corrected chi connectivity index (χ4v) is 3.39. The van der Waals surface area contributed by atoms with Crippen LogP contribution in [0.2, 0.25) is 0 Å². The SMILES string of the molecule is CC(=O)N1CCN(c2ccc(C(=O)NC(CN)CC(C)C)cc2[N+](=O)[O-])CC1.Cl. The molecular weight excluding hydrogens is 398 g/mol. The van der Waals surface area contributed by atoms with E-state index in [0.29, 0.717) is 44.3 Å². The van der Waals surface area contributed by atoms with E-state index in [9.17, 15) is 19.7 Å². The highest BCUT2D eigenvalue weighted by atomic mass is 35.5. The van der Waals surface area contributed by atoms with Gasteiger partial charge in [-0.25, -0.2) is 0 Å². The number of nitro benzene ring substituents is 1. The summed E-state index contributed by atoms with van der Waals surface area (Å²) < 4.78 is 0. The zero-order chi connectivity index (χ0) is 20.8. The van der Waals surface area contributed by atoms with Gasteiger partial charge >= 0.3 is 0 Å². The summed E-state index contributed by atoms with van der Waals surface area (Å²) >= 11 is 0. The first kappa shape index (κ1) is 24.6. The molecule has 0 spiro atoms. The summed E-state index contributed by atoms with van der Waals surface area (Å²) in [5.74, 6) is 0.00315. The van der Waals surface area contributed by atoms with Gasteiger partial charge in [0.1, 0.15) is 5.69 Å². The molecule has 1 aliphatic rings. The van der Waals surface area contributed by atoms with Crippen LogP contribution in [-0.4, -0.2) is 60.4 Å². The van der Waals surface area contributed by atoms with E-state index in [4.69, 9.17) is 5.73 Å². The van der Waals surface area contributed by atoms with Gasteiger partial charge in [-0.05, 0) is 24.5 Å². The third-order valence-electron chi connectivity index (χ3n) is 4.88. The number of rotatable bonds is 7. The Morgan fingerprint density at radius 2 is 1.86 bits per heavy atom. The summed E-state index contributed by atoms with van der Waals surface area (Å²) in [6, 6.07) is 4.34. The Kier molecular flexibility index (Phi) is 9.32. The van der Waals surface area contributed by atoms with Crippen molar-refractivity contribution < 1.29 is 14.5 Å². The smallest absolute Gasteiger partial charge is 0.293 e. The van der Waals surface area contributed by atoms with E-state index in [1.807, 2.05) is 18.7 Å². The normalized spacial score (nSPS) is 14.9. The van der Waals surface area contributed by atoms with Gasteiger partial charge < -0.3 is 20.9 Å². The van der Waals surface area contributed by atoms with Crippen LogP contribution in [0.4, 0.5) is 11.4 Å². The van der Waals surface area contributed by atoms with E-state index in [-0.39, 0.29) is 41.5 Å². The van der Waals surface area contributed by atoms with Gasteiger partial charge in [-0.3, -0.25) is 19.7 Å². The van der Waals surface area contributed by atoms with Crippen molar-refractivity contribution in [1.82, 2.24) is 10.2 Å². The van der Waals surface area contributed by atoms with E-state index >= 15 is 0 Å². The first-order valence-electron chi connectivity index (χ1n) is 9.52. The lowest BCUT2D eigenvalue weighted by atomic mass is 10.0. The van der Waals surface area contributed by atoms with Crippen LogP contribution in [0, 0.1) is 16.0 Å². The largest absolute Gasteiger partial charge is 0.362 e. The molecule has 9 nitrogen and oxygen atoms in total. The third kappa shape index (κ3) is 6.57. The molecule has 0 radical (unpaired) electrons. The maximum absolute atomic E-state index is 12.5. The molecule has 29 heavy (non-hydrogen) atoms. The molecule has 1 aromatic carbocycles. The summed E-state index contributed by atoms with van der Waals surface area (Å²) in [6.07, 6.45) is 0.739. The minimum Gasteiger partial charge on any atom is -0.362 e. The van der Waals surface area contributed by atoms with Crippen molar-refractivity contribution in [3.05, 3.63) is 33.9 Å². The van der Waals surface area contributed by atoms with Gasteiger partial charge in [0.2, 0.25) is 5.91 Å². The number of nitro groups is 1. The van der Waals surface area contributed by atoms with Crippen LogP contribution in [0.25, 0.3) is 0 Å². The standard InChI is InChI=1S/C19H29N5O4.ClH/c1-13(2)10-16(12-20)21-19(26)15-4-5-17(18(11-15)24(27)28)23-8-6-22(7-9-23)14(3)25;/h4-5,11,13,16H,6-10,12,20H2,1-3H3,(H,21,26);1H. The predicted molar refractivity (Wildman–Crippen MR) is 115 cm³/mol. The number of benzene rings is 1. The highest BCUT2D eigenvalue weighted by Crippen LogP contribution is 2.30. The van der Waals surface area contributed by atoms with Crippen molar-refractivity contribution >= 4 is 35.6 Å². The van der Waals surface area contributed by atoms with Crippen LogP contribution in [0.5, 0.6) is 0 Å². The van der Waals surface area contributed by atoms with E-state index in [1.165, 1.54) is 13.0 Å². The fraction of sp³-hybridized carbons (Fsp3) is 0.579. The number of hydrogen-bond acceptors (Lipinski definition) is 6. The Balaban J connectivity index is 0.00000420. The molecule has 1 aromatic rings. The molecule has 1 unspecified atom stereocenters. The summed E-state index contributed by atoms with van der Waals surface area (Å²) in [7, 11) is 0. The number of halogens is 1. The second-order valence-corrected chi connectivity index (χ2v) is 7.49. The Morgan fingerprint density at radius 3 is 2.34 bits per heavy atom. The number of nitrogens with one attached hydrogen (secondary N) is 1. The lowest BCUT2D eigenvalue weighted by molar-refractivity contribution is -0.384. The predicted octanol–water partition coefficient (Wildman–Crippen LogP) is 1.79. The van der Waals surface area contributed by atoms with Gasteiger partial charge in [0.25, 0.3) is 11.6 Å². The Hall–Kier alpha value is -2.39. The van der Waals surface area contributed by atoms with Crippen LogP contribution in [0.3, 0.4) is 0 Å². The molecule has 1 heterocycles. The Bertz CT molecular complexity index is 735. The van der Waals surface area contributed by atoms with Crippen LogP contribution < -0.4 is 16.0 Å². The van der Waals surface area contributed by atoms with E-state index in [2.05, 4.69) is 5.32 Å². The van der Waals surface area contributed by atoms with Crippen molar-refractivity contribution in [1.29, 1.82) is 0 Å². The summed E-state index contributed by atoms with van der Waals surface area (Å²) in [6.45, 7) is 7.96. The topological polar surface area (TPSA) is 122 Å². The molecule has 162 valence electrons. The van der Waals surface area contributed by atoms with Crippen LogP contribution in [0.1, 0.15) is 37.6 Å². The Morgan fingerprint density at radius 1 is 1.24 bits per heavy atom. The van der Waals surface area contributed by atoms with Crippen molar-refractivity contribution in [2.45, 2.75) is 33.2 Å². The molecule has 0 aliphatic carbocycles. The summed E-state index contributed by atoms with van der Waals surface area (Å²) in [5, 5.41) is 14.5. The molecular formula is C19H30ClN5O4. The third-order valence-corrected chi connectivity index (χ3v) is 4.88. The number of nitrogens with two attached hydrogens (primary N) is 1. The van der Waals surface area contributed by atoms with E-state index in [1.54, 1.807) is 17.0 Å². The second kappa shape index (κ2) is 11.0. The molecule has 1 aliphatic heterocycles. The zero-order valence-electron chi connectivity index (χ0n) is 17.1. The number of amides is 2. The molecule has 2 rings (SSSR count). The van der Waals surface area contributed by atoms with Crippen molar-refractivity contribution in [2.75, 3.05) is 37.6 Å². The average molecular weight is 428 g/mol. The first-order valence-corrected chi connectivity index (χ1v) is 9.52. The number of anilines is 1. The highest BCUT2D eigenvalue weighted by molar-refractivity contribution is 5.96. The molecule has 0 bridgehead atoms. The number of hydrogen-bond donors (Lipinski definition) is 2. The molecule has 3 N–H and O–H groups in total. The first-order chi connectivity index (χ1) is 13.2. The highest BCUT2D eigenvalue weighted by Gasteiger charge is 2.26. The summed E-state index contributed by atoms with van der Waals surface area (Å²) in [4.78, 5) is 38.7. The minimum absolute atomic E-state index is 0. The maximum atomic E-state index is 12.5. The van der Waals surface area contributed by atoms with Crippen LogP contribution in [0.15, 0.2) is 18.2 Å². The molecule has 1 saturated heterocycles. The molecule has 1 fully saturated rings. The lowest BCUT2D eigenvalue weighted by Crippen LogP contribution is -2.48. The minimum atomic E-state index is -0.474. The van der Waals surface area contributed by atoms with Crippen molar-refractivity contribution in [2.24, 2.45) is 11.7 Å². The molecule has 1 atom stereocenters. The van der Waals surface area contributed by atoms with Gasteiger partial charge in [0, 0.05) is 57.3 Å². The molecule has 0 saturated carbocycles. The monoisotopic (exact) mass is 427 g/mol. The van der Waals surface area contributed by atoms with Gasteiger partial charge in [0.05, 0.1) is 4.92 Å². The van der Waals surface area contributed by atoms with Gasteiger partial charge in [0.15, 0.2) is 0 Å². The van der Waals surface area contributed by atoms with Gasteiger partial charge in [-0.2, -0.15) is 0 Å².